The summed E-state index contributed by atoms with van der Waals surface area (Å²) in [5.41, 5.74) is -0.742. The minimum Gasteiger partial charge on any atom is -0.497 e. The monoisotopic (exact) mass is 422 g/mol. The Hall–Kier alpha value is -3.17. The summed E-state index contributed by atoms with van der Waals surface area (Å²) in [5.74, 6) is 0.0247. The molecule has 1 amide bonds. The predicted octanol–water partition coefficient (Wildman–Crippen LogP) is 4.00. The molecule has 4 rings (SSSR count). The second kappa shape index (κ2) is 7.58. The van der Waals surface area contributed by atoms with E-state index in [2.05, 4.69) is 10.1 Å². The third kappa shape index (κ3) is 3.81. The predicted molar refractivity (Wildman–Crippen MR) is 100 cm³/mol. The van der Waals surface area contributed by atoms with E-state index in [0.717, 1.165) is 6.07 Å². The molecule has 2 aromatic heterocycles. The van der Waals surface area contributed by atoms with E-state index in [4.69, 9.17) is 4.74 Å². The molecule has 10 heteroatoms. The van der Waals surface area contributed by atoms with E-state index in [0.29, 0.717) is 15.8 Å². The van der Waals surface area contributed by atoms with Gasteiger partial charge in [0, 0.05) is 24.7 Å². The van der Waals surface area contributed by atoms with Crippen molar-refractivity contribution in [2.24, 2.45) is 0 Å². The number of nitrogens with zero attached hydrogens (tertiary/aromatic N) is 4. The van der Waals surface area contributed by atoms with Gasteiger partial charge < -0.3 is 9.64 Å². The maximum Gasteiger partial charge on any atom is 0.433 e. The first-order valence-electron chi connectivity index (χ1n) is 9.32. The smallest absolute Gasteiger partial charge is 0.433 e. The van der Waals surface area contributed by atoms with Crippen LogP contribution in [-0.4, -0.2) is 51.8 Å². The maximum absolute atomic E-state index is 13.7. The molecule has 0 bridgehead atoms. The van der Waals surface area contributed by atoms with E-state index in [1.54, 1.807) is 24.3 Å². The number of methoxy groups -OCH3 is 1. The van der Waals surface area contributed by atoms with E-state index in [1.807, 2.05) is 0 Å². The van der Waals surface area contributed by atoms with Crippen LogP contribution in [0.15, 0.2) is 36.4 Å². The highest BCUT2D eigenvalue weighted by atomic mass is 19.4. The molecule has 1 aromatic carbocycles. The average Bonchev–Trinajstić information content (AvgIpc) is 3.16. The van der Waals surface area contributed by atoms with E-state index in [9.17, 15) is 22.4 Å². The third-order valence-corrected chi connectivity index (χ3v) is 5.03. The quantitative estimate of drug-likeness (QED) is 0.599. The molecule has 0 atom stereocenters. The fourth-order valence-electron chi connectivity index (χ4n) is 3.40. The fraction of sp³-hybridized carbons (Fsp3) is 0.350. The number of hydrogen-bond acceptors (Lipinski definition) is 4. The number of fused-ring (bicyclic) bond motifs is 1. The van der Waals surface area contributed by atoms with Crippen molar-refractivity contribution in [1.82, 2.24) is 19.5 Å². The second-order valence-corrected chi connectivity index (χ2v) is 7.02. The summed E-state index contributed by atoms with van der Waals surface area (Å²) in [5, 5.41) is 3.86. The number of carbonyl (C=O) groups is 1. The van der Waals surface area contributed by atoms with Crippen LogP contribution in [0, 0.1) is 0 Å². The van der Waals surface area contributed by atoms with Gasteiger partial charge in [0.1, 0.15) is 11.9 Å². The van der Waals surface area contributed by atoms with Gasteiger partial charge in [0.2, 0.25) is 0 Å². The third-order valence-electron chi connectivity index (χ3n) is 5.03. The first-order chi connectivity index (χ1) is 14.3. The minimum atomic E-state index is -4.71. The van der Waals surface area contributed by atoms with Gasteiger partial charge in [0.05, 0.1) is 12.8 Å². The number of alkyl halides is 4. The zero-order valence-corrected chi connectivity index (χ0v) is 16.0. The number of halogens is 4. The molecule has 0 N–H and O–H groups in total. The van der Waals surface area contributed by atoms with Gasteiger partial charge in [-0.2, -0.15) is 18.3 Å². The Morgan fingerprint density at radius 1 is 1.13 bits per heavy atom. The summed E-state index contributed by atoms with van der Waals surface area (Å²) in [4.78, 5) is 18.3. The molecule has 1 saturated heterocycles. The number of benzene rings is 1. The van der Waals surface area contributed by atoms with Gasteiger partial charge >= 0.3 is 6.18 Å². The Morgan fingerprint density at radius 2 is 1.80 bits per heavy atom. The van der Waals surface area contributed by atoms with Crippen molar-refractivity contribution in [3.8, 4) is 17.0 Å². The minimum absolute atomic E-state index is 0.0922. The van der Waals surface area contributed by atoms with Gasteiger partial charge in [-0.25, -0.2) is 13.9 Å². The van der Waals surface area contributed by atoms with E-state index in [1.165, 1.54) is 18.1 Å². The standard InChI is InChI=1S/C20H18F4N4O2/c1-30-14-4-2-12(3-5-14)15-10-17(20(22,23)24)28-18(25-15)11-16(26-28)19(29)27-8-6-13(21)7-9-27/h2-5,10-11,13H,6-9H2,1H3. The van der Waals surface area contributed by atoms with Crippen LogP contribution in [0.1, 0.15) is 29.0 Å². The van der Waals surface area contributed by atoms with Gasteiger partial charge in [-0.15, -0.1) is 0 Å². The first kappa shape index (κ1) is 20.1. The van der Waals surface area contributed by atoms with Gasteiger partial charge in [0.15, 0.2) is 17.0 Å². The molecule has 1 aliphatic heterocycles. The van der Waals surface area contributed by atoms with Crippen molar-refractivity contribution in [1.29, 1.82) is 0 Å². The highest BCUT2D eigenvalue weighted by Gasteiger charge is 2.36. The maximum atomic E-state index is 13.7. The summed E-state index contributed by atoms with van der Waals surface area (Å²) in [6, 6.07) is 8.56. The number of carbonyl (C=O) groups excluding carboxylic acids is 1. The highest BCUT2D eigenvalue weighted by molar-refractivity contribution is 5.93. The molecule has 0 unspecified atom stereocenters. The second-order valence-electron chi connectivity index (χ2n) is 7.02. The fourth-order valence-corrected chi connectivity index (χ4v) is 3.40. The lowest BCUT2D eigenvalue weighted by Gasteiger charge is -2.27. The summed E-state index contributed by atoms with van der Waals surface area (Å²) < 4.78 is 60.1. The van der Waals surface area contributed by atoms with Crippen molar-refractivity contribution in [3.63, 3.8) is 0 Å². The van der Waals surface area contributed by atoms with E-state index >= 15 is 0 Å². The van der Waals surface area contributed by atoms with Crippen LogP contribution in [-0.2, 0) is 6.18 Å². The molecule has 3 heterocycles. The van der Waals surface area contributed by atoms with Crippen molar-refractivity contribution >= 4 is 11.6 Å². The summed E-state index contributed by atoms with van der Waals surface area (Å²) in [6.45, 7) is 0.398. The van der Waals surface area contributed by atoms with Crippen molar-refractivity contribution in [2.75, 3.05) is 20.2 Å². The number of piperidine rings is 1. The number of ether oxygens (including phenoxy) is 1. The molecule has 1 aliphatic rings. The topological polar surface area (TPSA) is 59.7 Å². The van der Waals surface area contributed by atoms with Crippen LogP contribution in [0.4, 0.5) is 17.6 Å². The van der Waals surface area contributed by atoms with Gasteiger partial charge in [-0.3, -0.25) is 4.79 Å². The molecule has 0 aliphatic carbocycles. The molecule has 3 aromatic rings. The average molecular weight is 422 g/mol. The number of hydrogen-bond donors (Lipinski definition) is 0. The Balaban J connectivity index is 1.76. The Labute approximate surface area is 169 Å². The van der Waals surface area contributed by atoms with Crippen molar-refractivity contribution in [2.45, 2.75) is 25.2 Å². The molecule has 158 valence electrons. The summed E-state index contributed by atoms with van der Waals surface area (Å²) in [7, 11) is 1.49. The Morgan fingerprint density at radius 3 is 2.40 bits per heavy atom. The lowest BCUT2D eigenvalue weighted by Crippen LogP contribution is -2.39. The highest BCUT2D eigenvalue weighted by Crippen LogP contribution is 2.33. The zero-order valence-electron chi connectivity index (χ0n) is 16.0. The molecule has 30 heavy (non-hydrogen) atoms. The van der Waals surface area contributed by atoms with Gasteiger partial charge in [-0.1, -0.05) is 0 Å². The molecule has 0 radical (unpaired) electrons. The Kier molecular flexibility index (Phi) is 5.08. The van der Waals surface area contributed by atoms with Crippen LogP contribution < -0.4 is 4.74 Å². The van der Waals surface area contributed by atoms with Crippen molar-refractivity contribution in [3.05, 3.63) is 47.8 Å². The van der Waals surface area contributed by atoms with Crippen LogP contribution in [0.3, 0.4) is 0 Å². The molecule has 6 nitrogen and oxygen atoms in total. The number of amides is 1. The largest absolute Gasteiger partial charge is 0.497 e. The lowest BCUT2D eigenvalue weighted by molar-refractivity contribution is -0.142. The van der Waals surface area contributed by atoms with E-state index in [-0.39, 0.29) is 43.0 Å². The van der Waals surface area contributed by atoms with Gasteiger partial charge in [-0.05, 0) is 43.2 Å². The molecular formula is C20H18F4N4O2. The molecule has 0 spiro atoms. The number of likely N-dealkylation sites (tertiary alicyclic amines) is 1. The zero-order chi connectivity index (χ0) is 21.5. The summed E-state index contributed by atoms with van der Waals surface area (Å²) >= 11 is 0. The number of aromatic nitrogens is 3. The van der Waals surface area contributed by atoms with Crippen LogP contribution >= 0.6 is 0 Å². The first-order valence-corrected chi connectivity index (χ1v) is 9.32. The summed E-state index contributed by atoms with van der Waals surface area (Å²) in [6.07, 6.45) is -5.28. The van der Waals surface area contributed by atoms with Crippen molar-refractivity contribution < 1.29 is 27.1 Å². The molecule has 1 fully saturated rings. The Bertz CT molecular complexity index is 1070. The molecular weight excluding hydrogens is 404 g/mol. The van der Waals surface area contributed by atoms with Gasteiger partial charge in [0.25, 0.3) is 5.91 Å². The van der Waals surface area contributed by atoms with Crippen LogP contribution in [0.25, 0.3) is 16.9 Å². The normalized spacial score (nSPS) is 15.6. The number of rotatable bonds is 3. The van der Waals surface area contributed by atoms with E-state index < -0.39 is 23.9 Å². The molecule has 0 saturated carbocycles. The van der Waals surface area contributed by atoms with Crippen LogP contribution in [0.5, 0.6) is 5.75 Å². The SMILES string of the molecule is COc1ccc(-c2cc(C(F)(F)F)n3nc(C(=O)N4CCC(F)CC4)cc3n2)cc1. The lowest BCUT2D eigenvalue weighted by atomic mass is 10.1. The van der Waals surface area contributed by atoms with Crippen LogP contribution in [0.2, 0.25) is 0 Å².